The average molecular weight is 379 g/mol. The van der Waals surface area contributed by atoms with E-state index < -0.39 is 17.8 Å². The summed E-state index contributed by atoms with van der Waals surface area (Å²) in [5, 5.41) is 2.23. The van der Waals surface area contributed by atoms with Crippen molar-refractivity contribution in [2.45, 2.75) is 6.54 Å². The number of benzene rings is 2. The third kappa shape index (κ3) is 4.03. The molecule has 1 N–H and O–H groups in total. The molecule has 1 aliphatic rings. The van der Waals surface area contributed by atoms with E-state index >= 15 is 0 Å². The number of rotatable bonds is 5. The number of urea groups is 1. The molecule has 0 radical (unpaired) electrons. The fraction of sp³-hybridized carbons (Fsp3) is 0.190. The Morgan fingerprint density at radius 1 is 1.00 bits per heavy atom. The first-order chi connectivity index (χ1) is 13.4. The highest BCUT2D eigenvalue weighted by atomic mass is 16.5. The zero-order valence-electron chi connectivity index (χ0n) is 15.9. The molecule has 0 bridgehead atoms. The number of carbonyl (C=O) groups excluding carboxylic acids is 3. The molecule has 28 heavy (non-hydrogen) atoms. The number of carbonyl (C=O) groups is 3. The van der Waals surface area contributed by atoms with Crippen LogP contribution in [0.25, 0.3) is 6.08 Å². The van der Waals surface area contributed by atoms with Crippen molar-refractivity contribution in [3.05, 3.63) is 65.2 Å². The Morgan fingerprint density at radius 3 is 2.21 bits per heavy atom. The van der Waals surface area contributed by atoms with Gasteiger partial charge in [0.25, 0.3) is 11.8 Å². The molecule has 3 rings (SSSR count). The van der Waals surface area contributed by atoms with Crippen LogP contribution in [-0.2, 0) is 16.1 Å². The maximum absolute atomic E-state index is 12.8. The molecule has 2 aromatic rings. The molecule has 0 aliphatic carbocycles. The Kier molecular flexibility index (Phi) is 5.44. The molecule has 144 valence electrons. The monoisotopic (exact) mass is 379 g/mol. The zero-order valence-corrected chi connectivity index (χ0v) is 15.9. The van der Waals surface area contributed by atoms with Gasteiger partial charge in [-0.15, -0.1) is 0 Å². The van der Waals surface area contributed by atoms with Crippen LogP contribution < -0.4 is 15.0 Å². The molecule has 0 unspecified atom stereocenters. The van der Waals surface area contributed by atoms with Crippen molar-refractivity contribution in [2.75, 3.05) is 26.1 Å². The Morgan fingerprint density at radius 2 is 1.64 bits per heavy atom. The van der Waals surface area contributed by atoms with Gasteiger partial charge in [-0.25, -0.2) is 4.79 Å². The summed E-state index contributed by atoms with van der Waals surface area (Å²) in [7, 11) is 5.41. The van der Waals surface area contributed by atoms with E-state index in [0.717, 1.165) is 16.2 Å². The SMILES string of the molecule is COc1ccc(CN2C(=O)NC(=O)/C(=C/c3ccc(N(C)C)cc3)C2=O)cc1. The van der Waals surface area contributed by atoms with Crippen molar-refractivity contribution in [1.82, 2.24) is 10.2 Å². The summed E-state index contributed by atoms with van der Waals surface area (Å²) in [5.41, 5.74) is 2.36. The molecule has 1 heterocycles. The van der Waals surface area contributed by atoms with Crippen LogP contribution in [0.4, 0.5) is 10.5 Å². The molecule has 1 fully saturated rings. The van der Waals surface area contributed by atoms with Crippen LogP contribution in [0.1, 0.15) is 11.1 Å². The summed E-state index contributed by atoms with van der Waals surface area (Å²) in [6.07, 6.45) is 1.49. The molecule has 0 saturated carbocycles. The van der Waals surface area contributed by atoms with Crippen LogP contribution in [0, 0.1) is 0 Å². The highest BCUT2D eigenvalue weighted by molar-refractivity contribution is 6.30. The summed E-state index contributed by atoms with van der Waals surface area (Å²) in [4.78, 5) is 40.1. The largest absolute Gasteiger partial charge is 0.497 e. The topological polar surface area (TPSA) is 79.0 Å². The van der Waals surface area contributed by atoms with E-state index in [0.29, 0.717) is 11.3 Å². The van der Waals surface area contributed by atoms with Gasteiger partial charge in [-0.3, -0.25) is 19.8 Å². The second-order valence-corrected chi connectivity index (χ2v) is 6.54. The number of amides is 4. The lowest BCUT2D eigenvalue weighted by atomic mass is 10.1. The van der Waals surface area contributed by atoms with Crippen LogP contribution >= 0.6 is 0 Å². The number of barbiturate groups is 1. The van der Waals surface area contributed by atoms with Gasteiger partial charge >= 0.3 is 6.03 Å². The normalized spacial score (nSPS) is 15.6. The van der Waals surface area contributed by atoms with Crippen LogP contribution in [-0.4, -0.2) is 44.0 Å². The second-order valence-electron chi connectivity index (χ2n) is 6.54. The molecule has 7 heteroatoms. The van der Waals surface area contributed by atoms with Crippen molar-refractivity contribution in [1.29, 1.82) is 0 Å². The Bertz CT molecular complexity index is 931. The minimum Gasteiger partial charge on any atom is -0.497 e. The Hall–Kier alpha value is -3.61. The smallest absolute Gasteiger partial charge is 0.331 e. The van der Waals surface area contributed by atoms with Gasteiger partial charge in [0.05, 0.1) is 13.7 Å². The molecule has 0 spiro atoms. The average Bonchev–Trinajstić information content (AvgIpc) is 2.69. The lowest BCUT2D eigenvalue weighted by Gasteiger charge is -2.26. The van der Waals surface area contributed by atoms with E-state index in [1.165, 1.54) is 6.08 Å². The van der Waals surface area contributed by atoms with Gasteiger partial charge in [0, 0.05) is 19.8 Å². The van der Waals surface area contributed by atoms with Crippen molar-refractivity contribution in [3.8, 4) is 5.75 Å². The maximum atomic E-state index is 12.8. The van der Waals surface area contributed by atoms with Gasteiger partial charge in [0.1, 0.15) is 11.3 Å². The number of methoxy groups -OCH3 is 1. The summed E-state index contributed by atoms with van der Waals surface area (Å²) in [6, 6.07) is 13.7. The molecule has 2 aromatic carbocycles. The van der Waals surface area contributed by atoms with Gasteiger partial charge in [0.2, 0.25) is 0 Å². The van der Waals surface area contributed by atoms with Gasteiger partial charge in [-0.2, -0.15) is 0 Å². The molecule has 1 saturated heterocycles. The summed E-state index contributed by atoms with van der Waals surface area (Å²) in [5.74, 6) is -0.644. The number of nitrogens with one attached hydrogen (secondary N) is 1. The first-order valence-corrected chi connectivity index (χ1v) is 8.68. The fourth-order valence-electron chi connectivity index (χ4n) is 2.79. The standard InChI is InChI=1S/C21H21N3O4/c1-23(2)16-8-4-14(5-9-16)12-18-19(25)22-21(27)24(20(18)26)13-15-6-10-17(28-3)11-7-15/h4-12H,13H2,1-3H3,(H,22,25,27)/b18-12-. The molecule has 7 nitrogen and oxygen atoms in total. The highest BCUT2D eigenvalue weighted by Gasteiger charge is 2.35. The van der Waals surface area contributed by atoms with Crippen molar-refractivity contribution >= 4 is 29.6 Å². The highest BCUT2D eigenvalue weighted by Crippen LogP contribution is 2.20. The third-order valence-electron chi connectivity index (χ3n) is 4.41. The third-order valence-corrected chi connectivity index (χ3v) is 4.41. The molecule has 0 aromatic heterocycles. The second kappa shape index (κ2) is 7.96. The van der Waals surface area contributed by atoms with Crippen LogP contribution in [0.5, 0.6) is 5.75 Å². The maximum Gasteiger partial charge on any atom is 0.331 e. The number of ether oxygens (including phenoxy) is 1. The number of hydrogen-bond donors (Lipinski definition) is 1. The molecule has 0 atom stereocenters. The number of anilines is 1. The zero-order chi connectivity index (χ0) is 20.3. The summed E-state index contributed by atoms with van der Waals surface area (Å²) >= 11 is 0. The van der Waals surface area contributed by atoms with Crippen LogP contribution in [0.2, 0.25) is 0 Å². The summed E-state index contributed by atoms with van der Waals surface area (Å²) < 4.78 is 5.11. The quantitative estimate of drug-likeness (QED) is 0.638. The van der Waals surface area contributed by atoms with Crippen molar-refractivity contribution in [3.63, 3.8) is 0 Å². The lowest BCUT2D eigenvalue weighted by molar-refractivity contribution is -0.130. The van der Waals surface area contributed by atoms with Crippen LogP contribution in [0.15, 0.2) is 54.1 Å². The minimum atomic E-state index is -0.731. The Balaban J connectivity index is 1.84. The lowest BCUT2D eigenvalue weighted by Crippen LogP contribution is -2.53. The van der Waals surface area contributed by atoms with Gasteiger partial charge in [-0.1, -0.05) is 24.3 Å². The predicted octanol–water partition coefficient (Wildman–Crippen LogP) is 2.42. The summed E-state index contributed by atoms with van der Waals surface area (Å²) in [6.45, 7) is 0.0544. The van der Waals surface area contributed by atoms with Gasteiger partial charge < -0.3 is 9.64 Å². The van der Waals surface area contributed by atoms with E-state index in [2.05, 4.69) is 5.32 Å². The first-order valence-electron chi connectivity index (χ1n) is 8.68. The minimum absolute atomic E-state index is 0.0544. The fourth-order valence-corrected chi connectivity index (χ4v) is 2.79. The number of hydrogen-bond acceptors (Lipinski definition) is 5. The van der Waals surface area contributed by atoms with Gasteiger partial charge in [0.15, 0.2) is 0 Å². The van der Waals surface area contributed by atoms with E-state index in [1.807, 2.05) is 43.3 Å². The molecule has 1 aliphatic heterocycles. The van der Waals surface area contributed by atoms with Crippen LogP contribution in [0.3, 0.4) is 0 Å². The number of nitrogens with zero attached hydrogens (tertiary/aromatic N) is 2. The predicted molar refractivity (Wildman–Crippen MR) is 106 cm³/mol. The van der Waals surface area contributed by atoms with E-state index in [1.54, 1.807) is 31.4 Å². The molecule has 4 amide bonds. The molecular formula is C21H21N3O4. The van der Waals surface area contributed by atoms with Crippen molar-refractivity contribution in [2.24, 2.45) is 0 Å². The van der Waals surface area contributed by atoms with Gasteiger partial charge in [-0.05, 0) is 41.5 Å². The van der Waals surface area contributed by atoms with E-state index in [9.17, 15) is 14.4 Å². The van der Waals surface area contributed by atoms with Crippen molar-refractivity contribution < 1.29 is 19.1 Å². The molecular weight excluding hydrogens is 358 g/mol. The Labute approximate surface area is 163 Å². The van der Waals surface area contributed by atoms with E-state index in [-0.39, 0.29) is 12.1 Å². The van der Waals surface area contributed by atoms with E-state index in [4.69, 9.17) is 4.74 Å². The number of imide groups is 2. The first kappa shape index (κ1) is 19.2.